The van der Waals surface area contributed by atoms with E-state index in [1.165, 1.54) is 18.2 Å². The third-order valence-corrected chi connectivity index (χ3v) is 2.51. The maximum absolute atomic E-state index is 11.7. The van der Waals surface area contributed by atoms with E-state index < -0.39 is 5.97 Å². The number of hydrogen-bond acceptors (Lipinski definition) is 3. The SMILES string of the molecule is CCC(C)CNC(=O)c1cccc(C(=O)O)n1. The summed E-state index contributed by atoms with van der Waals surface area (Å²) < 4.78 is 0. The summed E-state index contributed by atoms with van der Waals surface area (Å²) in [5.74, 6) is -1.09. The van der Waals surface area contributed by atoms with Gasteiger partial charge >= 0.3 is 5.97 Å². The largest absolute Gasteiger partial charge is 0.477 e. The Balaban J connectivity index is 2.69. The van der Waals surface area contributed by atoms with Crippen LogP contribution in [-0.4, -0.2) is 28.5 Å². The zero-order valence-electron chi connectivity index (χ0n) is 9.93. The Labute approximate surface area is 99.9 Å². The first kappa shape index (κ1) is 13.2. The average molecular weight is 236 g/mol. The summed E-state index contributed by atoms with van der Waals surface area (Å²) in [5, 5.41) is 11.5. The molecule has 0 radical (unpaired) electrons. The molecule has 1 unspecified atom stereocenters. The second-order valence-electron chi connectivity index (χ2n) is 3.94. The monoisotopic (exact) mass is 236 g/mol. The number of nitrogens with one attached hydrogen (secondary N) is 1. The molecule has 1 aromatic heterocycles. The van der Waals surface area contributed by atoms with Gasteiger partial charge < -0.3 is 10.4 Å². The molecule has 1 atom stereocenters. The van der Waals surface area contributed by atoms with E-state index in [4.69, 9.17) is 5.11 Å². The first-order valence-corrected chi connectivity index (χ1v) is 5.53. The third-order valence-electron chi connectivity index (χ3n) is 2.51. The number of pyridine rings is 1. The lowest BCUT2D eigenvalue weighted by molar-refractivity contribution is 0.0690. The first-order valence-electron chi connectivity index (χ1n) is 5.53. The van der Waals surface area contributed by atoms with Crippen molar-refractivity contribution in [2.45, 2.75) is 20.3 Å². The van der Waals surface area contributed by atoms with Gasteiger partial charge in [-0.05, 0) is 18.1 Å². The van der Waals surface area contributed by atoms with Crippen molar-refractivity contribution in [2.75, 3.05) is 6.54 Å². The van der Waals surface area contributed by atoms with Crippen molar-refractivity contribution in [3.05, 3.63) is 29.6 Å². The number of carbonyl (C=O) groups is 2. The van der Waals surface area contributed by atoms with Crippen LogP contribution in [0.4, 0.5) is 0 Å². The number of nitrogens with zero attached hydrogens (tertiary/aromatic N) is 1. The summed E-state index contributed by atoms with van der Waals surface area (Å²) in [6, 6.07) is 4.36. The minimum absolute atomic E-state index is 0.124. The van der Waals surface area contributed by atoms with Gasteiger partial charge in [0.15, 0.2) is 0 Å². The van der Waals surface area contributed by atoms with Crippen LogP contribution in [0.5, 0.6) is 0 Å². The molecule has 1 heterocycles. The fraction of sp³-hybridized carbons (Fsp3) is 0.417. The molecule has 5 heteroatoms. The van der Waals surface area contributed by atoms with Gasteiger partial charge in [-0.15, -0.1) is 0 Å². The van der Waals surface area contributed by atoms with Gasteiger partial charge in [0.1, 0.15) is 11.4 Å². The van der Waals surface area contributed by atoms with Gasteiger partial charge in [0.05, 0.1) is 0 Å². The van der Waals surface area contributed by atoms with Crippen LogP contribution in [-0.2, 0) is 0 Å². The quantitative estimate of drug-likeness (QED) is 0.813. The Morgan fingerprint density at radius 2 is 2.06 bits per heavy atom. The van der Waals surface area contributed by atoms with Crippen LogP contribution in [0.3, 0.4) is 0 Å². The van der Waals surface area contributed by atoms with Crippen molar-refractivity contribution in [3.63, 3.8) is 0 Å². The molecule has 0 aromatic carbocycles. The van der Waals surface area contributed by atoms with Crippen LogP contribution in [0.15, 0.2) is 18.2 Å². The summed E-state index contributed by atoms with van der Waals surface area (Å²) in [7, 11) is 0. The van der Waals surface area contributed by atoms with Crippen LogP contribution in [0.1, 0.15) is 41.2 Å². The Hall–Kier alpha value is -1.91. The molecule has 92 valence electrons. The Bertz CT molecular complexity index is 418. The van der Waals surface area contributed by atoms with Gasteiger partial charge in [-0.25, -0.2) is 9.78 Å². The minimum atomic E-state index is -1.14. The van der Waals surface area contributed by atoms with Crippen LogP contribution in [0, 0.1) is 5.92 Å². The van der Waals surface area contributed by atoms with E-state index in [1.807, 2.05) is 13.8 Å². The summed E-state index contributed by atoms with van der Waals surface area (Å²) in [6.45, 7) is 4.63. The number of hydrogen-bond donors (Lipinski definition) is 2. The summed E-state index contributed by atoms with van der Waals surface area (Å²) in [5.41, 5.74) is 0.00870. The van der Waals surface area contributed by atoms with Crippen molar-refractivity contribution in [2.24, 2.45) is 5.92 Å². The molecule has 0 bridgehead atoms. The third kappa shape index (κ3) is 3.86. The standard InChI is InChI=1S/C12H16N2O3/c1-3-8(2)7-13-11(15)9-5-4-6-10(14-9)12(16)17/h4-6,8H,3,7H2,1-2H3,(H,13,15)(H,16,17). The summed E-state index contributed by atoms with van der Waals surface area (Å²) >= 11 is 0. The number of carbonyl (C=O) groups excluding carboxylic acids is 1. The van der Waals surface area contributed by atoms with Crippen LogP contribution >= 0.6 is 0 Å². The number of carboxylic acid groups (broad SMARTS) is 1. The smallest absolute Gasteiger partial charge is 0.354 e. The molecular weight excluding hydrogens is 220 g/mol. The highest BCUT2D eigenvalue weighted by molar-refractivity contribution is 5.94. The zero-order valence-corrected chi connectivity index (χ0v) is 9.93. The molecule has 17 heavy (non-hydrogen) atoms. The van der Waals surface area contributed by atoms with Gasteiger partial charge in [0.2, 0.25) is 0 Å². The average Bonchev–Trinajstić information content (AvgIpc) is 2.35. The van der Waals surface area contributed by atoms with Crippen molar-refractivity contribution < 1.29 is 14.7 Å². The molecule has 1 rings (SSSR count). The van der Waals surface area contributed by atoms with E-state index in [1.54, 1.807) is 0 Å². The van der Waals surface area contributed by atoms with Crippen LogP contribution < -0.4 is 5.32 Å². The topological polar surface area (TPSA) is 79.3 Å². The lowest BCUT2D eigenvalue weighted by Gasteiger charge is -2.09. The highest BCUT2D eigenvalue weighted by Gasteiger charge is 2.11. The lowest BCUT2D eigenvalue weighted by Crippen LogP contribution is -2.29. The molecule has 0 fully saturated rings. The van der Waals surface area contributed by atoms with Crippen molar-refractivity contribution in [1.29, 1.82) is 0 Å². The van der Waals surface area contributed by atoms with Gasteiger partial charge in [-0.2, -0.15) is 0 Å². The lowest BCUT2D eigenvalue weighted by atomic mass is 10.1. The summed E-state index contributed by atoms with van der Waals surface area (Å²) in [6.07, 6.45) is 0.975. The van der Waals surface area contributed by atoms with Gasteiger partial charge in [-0.3, -0.25) is 4.79 Å². The van der Waals surface area contributed by atoms with E-state index in [2.05, 4.69) is 10.3 Å². The van der Waals surface area contributed by atoms with Gasteiger partial charge in [-0.1, -0.05) is 26.3 Å². The molecule has 0 aliphatic rings. The molecule has 0 saturated heterocycles. The van der Waals surface area contributed by atoms with E-state index in [0.29, 0.717) is 12.5 Å². The normalized spacial score (nSPS) is 11.9. The number of aromatic nitrogens is 1. The number of aromatic carboxylic acids is 1. The van der Waals surface area contributed by atoms with Crippen molar-refractivity contribution >= 4 is 11.9 Å². The number of carboxylic acids is 1. The molecule has 0 aliphatic heterocycles. The van der Waals surface area contributed by atoms with Crippen molar-refractivity contribution in [3.8, 4) is 0 Å². The Morgan fingerprint density at radius 3 is 2.65 bits per heavy atom. The van der Waals surface area contributed by atoms with Gasteiger partial charge in [0, 0.05) is 6.54 Å². The molecule has 0 aliphatic carbocycles. The molecule has 0 saturated carbocycles. The van der Waals surface area contributed by atoms with E-state index in [9.17, 15) is 9.59 Å². The highest BCUT2D eigenvalue weighted by atomic mass is 16.4. The molecule has 1 aromatic rings. The maximum Gasteiger partial charge on any atom is 0.354 e. The molecular formula is C12H16N2O3. The second kappa shape index (κ2) is 5.98. The van der Waals surface area contributed by atoms with E-state index in [0.717, 1.165) is 6.42 Å². The predicted molar refractivity (Wildman–Crippen MR) is 63.0 cm³/mol. The Kier molecular flexibility index (Phi) is 4.63. The number of amides is 1. The second-order valence-corrected chi connectivity index (χ2v) is 3.94. The fourth-order valence-electron chi connectivity index (χ4n) is 1.18. The van der Waals surface area contributed by atoms with E-state index in [-0.39, 0.29) is 17.3 Å². The zero-order chi connectivity index (χ0) is 12.8. The Morgan fingerprint density at radius 1 is 1.41 bits per heavy atom. The fourth-order valence-corrected chi connectivity index (χ4v) is 1.18. The molecule has 0 spiro atoms. The maximum atomic E-state index is 11.7. The van der Waals surface area contributed by atoms with E-state index >= 15 is 0 Å². The number of rotatable bonds is 5. The molecule has 1 amide bonds. The summed E-state index contributed by atoms with van der Waals surface area (Å²) in [4.78, 5) is 26.1. The predicted octanol–water partition coefficient (Wildman–Crippen LogP) is 1.56. The highest BCUT2D eigenvalue weighted by Crippen LogP contribution is 2.01. The minimum Gasteiger partial charge on any atom is -0.477 e. The van der Waals surface area contributed by atoms with Crippen LogP contribution in [0.2, 0.25) is 0 Å². The molecule has 2 N–H and O–H groups in total. The van der Waals surface area contributed by atoms with Crippen LogP contribution in [0.25, 0.3) is 0 Å². The van der Waals surface area contributed by atoms with Gasteiger partial charge in [0.25, 0.3) is 5.91 Å². The first-order chi connectivity index (χ1) is 8.04. The molecule has 5 nitrogen and oxygen atoms in total. The van der Waals surface area contributed by atoms with Crippen molar-refractivity contribution in [1.82, 2.24) is 10.3 Å².